The van der Waals surface area contributed by atoms with Gasteiger partial charge in [0.05, 0.1) is 0 Å². The molecule has 0 aromatic heterocycles. The van der Waals surface area contributed by atoms with Crippen molar-refractivity contribution in [2.45, 2.75) is 25.8 Å². The van der Waals surface area contributed by atoms with E-state index in [1.165, 1.54) is 12.1 Å². The van der Waals surface area contributed by atoms with Crippen molar-refractivity contribution in [3.63, 3.8) is 0 Å². The Balaban J connectivity index is 2.82. The molecule has 1 amide bonds. The molecular formula is C13H14FNO5. The normalized spacial score (nSPS) is 11.7. The van der Waals surface area contributed by atoms with Crippen molar-refractivity contribution < 1.29 is 29.0 Å². The maximum Gasteiger partial charge on any atom is 0.326 e. The molecule has 0 saturated heterocycles. The van der Waals surface area contributed by atoms with E-state index in [-0.39, 0.29) is 18.4 Å². The summed E-state index contributed by atoms with van der Waals surface area (Å²) in [5, 5.41) is 19.6. The molecule has 0 spiro atoms. The summed E-state index contributed by atoms with van der Waals surface area (Å²) in [6.45, 7) is 1.58. The fraction of sp³-hybridized carbons (Fsp3) is 0.308. The van der Waals surface area contributed by atoms with Crippen LogP contribution in [0.5, 0.6) is 0 Å². The predicted molar refractivity (Wildman–Crippen MR) is 66.9 cm³/mol. The molecule has 1 atom stereocenters. The third-order valence-electron chi connectivity index (χ3n) is 2.69. The Morgan fingerprint density at radius 1 is 1.30 bits per heavy atom. The molecule has 3 N–H and O–H groups in total. The minimum Gasteiger partial charge on any atom is -0.481 e. The summed E-state index contributed by atoms with van der Waals surface area (Å²) in [6, 6.07) is 2.25. The molecule has 0 aliphatic carbocycles. The highest BCUT2D eigenvalue weighted by Gasteiger charge is 2.22. The number of aliphatic carboxylic acids is 2. The first-order valence-electron chi connectivity index (χ1n) is 5.83. The third kappa shape index (κ3) is 4.34. The van der Waals surface area contributed by atoms with Crippen molar-refractivity contribution in [2.75, 3.05) is 0 Å². The van der Waals surface area contributed by atoms with Crippen LogP contribution in [-0.4, -0.2) is 34.1 Å². The van der Waals surface area contributed by atoms with Crippen molar-refractivity contribution in [2.24, 2.45) is 0 Å². The van der Waals surface area contributed by atoms with Crippen LogP contribution in [-0.2, 0) is 9.59 Å². The van der Waals surface area contributed by atoms with Crippen LogP contribution in [0, 0.1) is 12.7 Å². The molecule has 20 heavy (non-hydrogen) atoms. The number of hydrogen-bond donors (Lipinski definition) is 3. The Labute approximate surface area is 114 Å². The van der Waals surface area contributed by atoms with E-state index in [2.05, 4.69) is 5.32 Å². The van der Waals surface area contributed by atoms with Crippen LogP contribution in [0.3, 0.4) is 0 Å². The van der Waals surface area contributed by atoms with Crippen LogP contribution in [0.25, 0.3) is 0 Å². The molecule has 0 unspecified atom stereocenters. The molecule has 0 saturated carbocycles. The number of carboxylic acid groups (broad SMARTS) is 2. The second kappa shape index (κ2) is 6.65. The van der Waals surface area contributed by atoms with Crippen LogP contribution in [0.2, 0.25) is 0 Å². The van der Waals surface area contributed by atoms with Crippen LogP contribution in [0.1, 0.15) is 28.8 Å². The lowest BCUT2D eigenvalue weighted by Gasteiger charge is -2.14. The quantitative estimate of drug-likeness (QED) is 0.727. The van der Waals surface area contributed by atoms with Gasteiger partial charge in [0.15, 0.2) is 0 Å². The number of carbonyl (C=O) groups excluding carboxylic acids is 1. The molecule has 7 heteroatoms. The molecule has 0 aliphatic heterocycles. The van der Waals surface area contributed by atoms with Gasteiger partial charge in [0.1, 0.15) is 11.9 Å². The van der Waals surface area contributed by atoms with Gasteiger partial charge in [0, 0.05) is 12.0 Å². The molecule has 1 aromatic carbocycles. The standard InChI is InChI=1S/C13H14FNO5/c1-7-2-3-8(14)6-9(7)12(18)15-10(13(19)20)4-5-11(16)17/h2-3,6,10H,4-5H2,1H3,(H,15,18)(H,16,17)(H,19,20)/t10-/m0/s1. The number of carboxylic acids is 2. The number of aryl methyl sites for hydroxylation is 1. The lowest BCUT2D eigenvalue weighted by atomic mass is 10.1. The largest absolute Gasteiger partial charge is 0.481 e. The lowest BCUT2D eigenvalue weighted by Crippen LogP contribution is -2.41. The first kappa shape index (κ1) is 15.6. The summed E-state index contributed by atoms with van der Waals surface area (Å²) in [5.41, 5.74) is 0.512. The number of benzene rings is 1. The van der Waals surface area contributed by atoms with E-state index in [1.54, 1.807) is 6.92 Å². The Morgan fingerprint density at radius 3 is 2.50 bits per heavy atom. The zero-order valence-corrected chi connectivity index (χ0v) is 10.7. The van der Waals surface area contributed by atoms with Gasteiger partial charge < -0.3 is 15.5 Å². The van der Waals surface area contributed by atoms with Gasteiger partial charge in [0.25, 0.3) is 5.91 Å². The van der Waals surface area contributed by atoms with Crippen molar-refractivity contribution in [1.82, 2.24) is 5.32 Å². The molecule has 1 aromatic rings. The number of halogens is 1. The summed E-state index contributed by atoms with van der Waals surface area (Å²) in [4.78, 5) is 33.3. The van der Waals surface area contributed by atoms with Gasteiger partial charge in [-0.25, -0.2) is 9.18 Å². The Kier molecular flexibility index (Phi) is 5.19. The van der Waals surface area contributed by atoms with Crippen molar-refractivity contribution in [1.29, 1.82) is 0 Å². The highest BCUT2D eigenvalue weighted by atomic mass is 19.1. The van der Waals surface area contributed by atoms with Crippen molar-refractivity contribution in [3.8, 4) is 0 Å². The lowest BCUT2D eigenvalue weighted by molar-refractivity contribution is -0.140. The number of amides is 1. The maximum atomic E-state index is 13.1. The summed E-state index contributed by atoms with van der Waals surface area (Å²) >= 11 is 0. The molecule has 0 bridgehead atoms. The van der Waals surface area contributed by atoms with E-state index in [1.807, 2.05) is 0 Å². The van der Waals surface area contributed by atoms with E-state index >= 15 is 0 Å². The monoisotopic (exact) mass is 283 g/mol. The molecule has 0 heterocycles. The number of hydrogen-bond acceptors (Lipinski definition) is 3. The molecule has 6 nitrogen and oxygen atoms in total. The van der Waals surface area contributed by atoms with E-state index in [9.17, 15) is 18.8 Å². The summed E-state index contributed by atoms with van der Waals surface area (Å²) < 4.78 is 13.1. The average Bonchev–Trinajstić information content (AvgIpc) is 2.36. The highest BCUT2D eigenvalue weighted by Crippen LogP contribution is 2.11. The molecule has 0 fully saturated rings. The Morgan fingerprint density at radius 2 is 1.95 bits per heavy atom. The van der Waals surface area contributed by atoms with E-state index in [0.717, 1.165) is 6.07 Å². The zero-order chi connectivity index (χ0) is 15.3. The fourth-order valence-electron chi connectivity index (χ4n) is 1.60. The Hall–Kier alpha value is -2.44. The van der Waals surface area contributed by atoms with Gasteiger partial charge in [-0.2, -0.15) is 0 Å². The predicted octanol–water partition coefficient (Wildman–Crippen LogP) is 1.18. The molecule has 0 aliphatic rings. The smallest absolute Gasteiger partial charge is 0.326 e. The van der Waals surface area contributed by atoms with Gasteiger partial charge in [-0.15, -0.1) is 0 Å². The topological polar surface area (TPSA) is 104 Å². The molecule has 108 valence electrons. The highest BCUT2D eigenvalue weighted by molar-refractivity contribution is 5.97. The number of carbonyl (C=O) groups is 3. The second-order valence-corrected chi connectivity index (χ2v) is 4.26. The first-order chi connectivity index (χ1) is 9.31. The summed E-state index contributed by atoms with van der Waals surface area (Å²) in [7, 11) is 0. The fourth-order valence-corrected chi connectivity index (χ4v) is 1.60. The molecule has 1 rings (SSSR count). The summed E-state index contributed by atoms with van der Waals surface area (Å²) in [5.74, 6) is -3.86. The van der Waals surface area contributed by atoms with Crippen molar-refractivity contribution in [3.05, 3.63) is 35.1 Å². The minimum atomic E-state index is -1.34. The Bertz CT molecular complexity index is 544. The second-order valence-electron chi connectivity index (χ2n) is 4.26. The molecular weight excluding hydrogens is 269 g/mol. The average molecular weight is 283 g/mol. The number of nitrogens with one attached hydrogen (secondary N) is 1. The van der Waals surface area contributed by atoms with Crippen LogP contribution in [0.15, 0.2) is 18.2 Å². The van der Waals surface area contributed by atoms with E-state index in [4.69, 9.17) is 10.2 Å². The van der Waals surface area contributed by atoms with Crippen LogP contribution < -0.4 is 5.32 Å². The van der Waals surface area contributed by atoms with Gasteiger partial charge in [-0.05, 0) is 31.0 Å². The number of rotatable bonds is 6. The van der Waals surface area contributed by atoms with Gasteiger partial charge in [0.2, 0.25) is 0 Å². The first-order valence-corrected chi connectivity index (χ1v) is 5.83. The van der Waals surface area contributed by atoms with Gasteiger partial charge in [-0.3, -0.25) is 9.59 Å². The van der Waals surface area contributed by atoms with Crippen LogP contribution in [0.4, 0.5) is 4.39 Å². The molecule has 0 radical (unpaired) electrons. The SMILES string of the molecule is Cc1ccc(F)cc1C(=O)N[C@@H](CCC(=O)O)C(=O)O. The summed E-state index contributed by atoms with van der Waals surface area (Å²) in [6.07, 6.45) is -0.635. The van der Waals surface area contributed by atoms with Crippen molar-refractivity contribution >= 4 is 17.8 Å². The minimum absolute atomic E-state index is 0.0200. The maximum absolute atomic E-state index is 13.1. The zero-order valence-electron chi connectivity index (χ0n) is 10.7. The van der Waals surface area contributed by atoms with E-state index in [0.29, 0.717) is 5.56 Å². The van der Waals surface area contributed by atoms with E-state index < -0.39 is 29.7 Å². The van der Waals surface area contributed by atoms with Gasteiger partial charge in [-0.1, -0.05) is 6.07 Å². The van der Waals surface area contributed by atoms with Crippen LogP contribution >= 0.6 is 0 Å². The van der Waals surface area contributed by atoms with Gasteiger partial charge >= 0.3 is 11.9 Å². The third-order valence-corrected chi connectivity index (χ3v) is 2.69.